The minimum atomic E-state index is -0.472. The Bertz CT molecular complexity index is 1300. The highest BCUT2D eigenvalue weighted by atomic mass is 16.5. The number of hydrogen-bond donors (Lipinski definition) is 1. The van der Waals surface area contributed by atoms with Crippen LogP contribution in [0.3, 0.4) is 0 Å². The maximum absolute atomic E-state index is 13.6. The SMILES string of the molecule is COc1ccccc1NC1=C(c2ccc(C)cc2C)C(=O)N(c2ccc(C#N)cc2)C1=O. The maximum Gasteiger partial charge on any atom is 0.282 e. The van der Waals surface area contributed by atoms with E-state index in [0.717, 1.165) is 16.0 Å². The van der Waals surface area contributed by atoms with Gasteiger partial charge in [-0.2, -0.15) is 5.26 Å². The maximum atomic E-state index is 13.6. The average Bonchev–Trinajstić information content (AvgIpc) is 3.03. The molecule has 3 aromatic carbocycles. The number of aryl methyl sites for hydroxylation is 2. The zero-order valence-electron chi connectivity index (χ0n) is 18.0. The van der Waals surface area contributed by atoms with Crippen molar-refractivity contribution < 1.29 is 14.3 Å². The van der Waals surface area contributed by atoms with Crippen LogP contribution in [-0.2, 0) is 9.59 Å². The Labute approximate surface area is 186 Å². The average molecular weight is 423 g/mol. The lowest BCUT2D eigenvalue weighted by Crippen LogP contribution is -2.32. The first-order valence-corrected chi connectivity index (χ1v) is 10.1. The third-order valence-electron chi connectivity index (χ3n) is 5.36. The van der Waals surface area contributed by atoms with E-state index in [9.17, 15) is 9.59 Å². The van der Waals surface area contributed by atoms with Gasteiger partial charge in [-0.1, -0.05) is 35.9 Å². The number of benzene rings is 3. The molecule has 0 saturated heterocycles. The van der Waals surface area contributed by atoms with Gasteiger partial charge in [0, 0.05) is 0 Å². The molecule has 3 aromatic rings. The minimum absolute atomic E-state index is 0.177. The fourth-order valence-corrected chi connectivity index (χ4v) is 3.79. The number of carbonyl (C=O) groups is 2. The van der Waals surface area contributed by atoms with E-state index in [0.29, 0.717) is 33.8 Å². The first-order valence-electron chi connectivity index (χ1n) is 10.1. The molecule has 0 aliphatic carbocycles. The number of hydrogen-bond acceptors (Lipinski definition) is 5. The molecule has 1 N–H and O–H groups in total. The summed E-state index contributed by atoms with van der Waals surface area (Å²) in [5.41, 5.74) is 4.53. The fourth-order valence-electron chi connectivity index (χ4n) is 3.79. The van der Waals surface area contributed by atoms with Crippen LogP contribution in [0.15, 0.2) is 72.4 Å². The lowest BCUT2D eigenvalue weighted by Gasteiger charge is -2.16. The van der Waals surface area contributed by atoms with E-state index in [4.69, 9.17) is 10.00 Å². The molecular weight excluding hydrogens is 402 g/mol. The molecule has 6 heteroatoms. The fraction of sp³-hybridized carbons (Fsp3) is 0.115. The van der Waals surface area contributed by atoms with Crippen LogP contribution < -0.4 is 15.0 Å². The Morgan fingerprint density at radius 1 is 0.938 bits per heavy atom. The summed E-state index contributed by atoms with van der Waals surface area (Å²) in [6.07, 6.45) is 0. The number of ether oxygens (including phenoxy) is 1. The Morgan fingerprint density at radius 3 is 2.31 bits per heavy atom. The van der Waals surface area contributed by atoms with Crippen molar-refractivity contribution in [3.05, 3.63) is 94.7 Å². The van der Waals surface area contributed by atoms with Crippen molar-refractivity contribution in [1.29, 1.82) is 5.26 Å². The monoisotopic (exact) mass is 423 g/mol. The summed E-state index contributed by atoms with van der Waals surface area (Å²) in [4.78, 5) is 28.2. The van der Waals surface area contributed by atoms with Crippen molar-refractivity contribution in [2.24, 2.45) is 0 Å². The van der Waals surface area contributed by atoms with E-state index in [1.807, 2.05) is 50.2 Å². The molecule has 6 nitrogen and oxygen atoms in total. The van der Waals surface area contributed by atoms with Gasteiger partial charge >= 0.3 is 0 Å². The smallest absolute Gasteiger partial charge is 0.282 e. The standard InChI is InChI=1S/C26H21N3O3/c1-16-8-13-20(17(2)14-16)23-24(28-21-6-4-5-7-22(21)32-3)26(31)29(25(23)30)19-11-9-18(15-27)10-12-19/h4-14,28H,1-3H3. The van der Waals surface area contributed by atoms with E-state index in [-0.39, 0.29) is 5.70 Å². The number of amides is 2. The van der Waals surface area contributed by atoms with Gasteiger partial charge in [0.2, 0.25) is 0 Å². The van der Waals surface area contributed by atoms with Gasteiger partial charge in [0.1, 0.15) is 11.4 Å². The topological polar surface area (TPSA) is 82.4 Å². The Balaban J connectivity index is 1.86. The molecular formula is C26H21N3O3. The van der Waals surface area contributed by atoms with E-state index >= 15 is 0 Å². The molecule has 0 bridgehead atoms. The van der Waals surface area contributed by atoms with Gasteiger partial charge in [-0.3, -0.25) is 9.59 Å². The van der Waals surface area contributed by atoms with Gasteiger partial charge < -0.3 is 10.1 Å². The first kappa shape index (κ1) is 20.9. The molecule has 1 heterocycles. The third-order valence-corrected chi connectivity index (χ3v) is 5.36. The van der Waals surface area contributed by atoms with Gasteiger partial charge in [-0.05, 0) is 61.4 Å². The predicted octanol–water partition coefficient (Wildman–Crippen LogP) is 4.58. The van der Waals surface area contributed by atoms with Crippen LogP contribution >= 0.6 is 0 Å². The number of anilines is 2. The number of nitrogens with zero attached hydrogens (tertiary/aromatic N) is 2. The van der Waals surface area contributed by atoms with Crippen molar-refractivity contribution in [1.82, 2.24) is 0 Å². The Hall–Kier alpha value is -4.37. The zero-order chi connectivity index (χ0) is 22.8. The molecule has 1 aliphatic heterocycles. The van der Waals surface area contributed by atoms with Gasteiger partial charge in [-0.15, -0.1) is 0 Å². The molecule has 158 valence electrons. The predicted molar refractivity (Wildman–Crippen MR) is 123 cm³/mol. The second kappa shape index (κ2) is 8.40. The lowest BCUT2D eigenvalue weighted by atomic mass is 9.97. The van der Waals surface area contributed by atoms with E-state index < -0.39 is 11.8 Å². The molecule has 2 amide bonds. The van der Waals surface area contributed by atoms with Crippen LogP contribution in [0.25, 0.3) is 5.57 Å². The van der Waals surface area contributed by atoms with Crippen molar-refractivity contribution in [2.75, 3.05) is 17.3 Å². The molecule has 32 heavy (non-hydrogen) atoms. The molecule has 0 unspecified atom stereocenters. The van der Waals surface area contributed by atoms with Crippen LogP contribution in [0.2, 0.25) is 0 Å². The number of nitriles is 1. The molecule has 0 fully saturated rings. The molecule has 1 aliphatic rings. The zero-order valence-corrected chi connectivity index (χ0v) is 18.0. The first-order chi connectivity index (χ1) is 15.4. The van der Waals surface area contributed by atoms with Crippen LogP contribution in [-0.4, -0.2) is 18.9 Å². The Kier molecular flexibility index (Phi) is 5.48. The number of methoxy groups -OCH3 is 1. The summed E-state index contributed by atoms with van der Waals surface area (Å²) in [7, 11) is 1.55. The summed E-state index contributed by atoms with van der Waals surface area (Å²) < 4.78 is 5.41. The number of imide groups is 1. The van der Waals surface area contributed by atoms with Crippen LogP contribution in [0.4, 0.5) is 11.4 Å². The van der Waals surface area contributed by atoms with Crippen LogP contribution in [0, 0.1) is 25.2 Å². The van der Waals surface area contributed by atoms with Crippen LogP contribution in [0.1, 0.15) is 22.3 Å². The normalized spacial score (nSPS) is 13.4. The van der Waals surface area contributed by atoms with Gasteiger partial charge in [0.05, 0.1) is 35.7 Å². The molecule has 0 saturated carbocycles. The quantitative estimate of drug-likeness (QED) is 0.608. The second-order valence-corrected chi connectivity index (χ2v) is 7.50. The number of carbonyl (C=O) groups excluding carboxylic acids is 2. The molecule has 0 spiro atoms. The van der Waals surface area contributed by atoms with Gasteiger partial charge in [0.15, 0.2) is 0 Å². The van der Waals surface area contributed by atoms with E-state index in [2.05, 4.69) is 5.32 Å². The highest BCUT2D eigenvalue weighted by Gasteiger charge is 2.41. The highest BCUT2D eigenvalue weighted by molar-refractivity contribution is 6.46. The molecule has 0 aromatic heterocycles. The Morgan fingerprint density at radius 2 is 1.66 bits per heavy atom. The van der Waals surface area contributed by atoms with Gasteiger partial charge in [-0.25, -0.2) is 4.90 Å². The largest absolute Gasteiger partial charge is 0.495 e. The summed E-state index contributed by atoms with van der Waals surface area (Å²) in [6, 6.07) is 21.4. The van der Waals surface area contributed by atoms with Crippen molar-refractivity contribution >= 4 is 28.8 Å². The second-order valence-electron chi connectivity index (χ2n) is 7.50. The molecule has 0 radical (unpaired) electrons. The third kappa shape index (κ3) is 3.61. The van der Waals surface area contributed by atoms with Crippen molar-refractivity contribution in [3.8, 4) is 11.8 Å². The highest BCUT2D eigenvalue weighted by Crippen LogP contribution is 2.36. The summed E-state index contributed by atoms with van der Waals surface area (Å²) >= 11 is 0. The number of para-hydroxylation sites is 2. The van der Waals surface area contributed by atoms with Gasteiger partial charge in [0.25, 0.3) is 11.8 Å². The molecule has 0 atom stereocenters. The molecule has 4 rings (SSSR count). The van der Waals surface area contributed by atoms with E-state index in [1.165, 1.54) is 0 Å². The lowest BCUT2D eigenvalue weighted by molar-refractivity contribution is -0.120. The number of nitrogens with one attached hydrogen (secondary N) is 1. The summed E-state index contributed by atoms with van der Waals surface area (Å²) in [5.74, 6) is -0.346. The summed E-state index contributed by atoms with van der Waals surface area (Å²) in [6.45, 7) is 3.89. The summed E-state index contributed by atoms with van der Waals surface area (Å²) in [5, 5.41) is 12.2. The van der Waals surface area contributed by atoms with E-state index in [1.54, 1.807) is 43.5 Å². The van der Waals surface area contributed by atoms with Crippen molar-refractivity contribution in [3.63, 3.8) is 0 Å². The van der Waals surface area contributed by atoms with Crippen molar-refractivity contribution in [2.45, 2.75) is 13.8 Å². The number of rotatable bonds is 5. The van der Waals surface area contributed by atoms with Crippen LogP contribution in [0.5, 0.6) is 5.75 Å². The minimum Gasteiger partial charge on any atom is -0.495 e.